The molecule has 7 heteroatoms. The maximum atomic E-state index is 12.5. The summed E-state index contributed by atoms with van der Waals surface area (Å²) < 4.78 is 31.9. The molecule has 1 amide bonds. The second-order valence-electron chi connectivity index (χ2n) is 6.05. The molecule has 2 aromatic rings. The lowest BCUT2D eigenvalue weighted by Crippen LogP contribution is -2.27. The Labute approximate surface area is 153 Å². The van der Waals surface area contributed by atoms with Crippen molar-refractivity contribution in [3.05, 3.63) is 54.1 Å². The van der Waals surface area contributed by atoms with Crippen LogP contribution in [0, 0.1) is 0 Å². The van der Waals surface area contributed by atoms with Crippen LogP contribution >= 0.6 is 0 Å². The number of rotatable bonds is 6. The minimum Gasteiger partial charge on any atom is -0.494 e. The molecule has 1 aliphatic rings. The van der Waals surface area contributed by atoms with E-state index in [1.807, 2.05) is 6.92 Å². The van der Waals surface area contributed by atoms with Gasteiger partial charge in [-0.15, -0.1) is 0 Å². The summed E-state index contributed by atoms with van der Waals surface area (Å²) in [6.45, 7) is 3.60. The fraction of sp³-hybridized carbons (Fsp3) is 0.316. The van der Waals surface area contributed by atoms with E-state index in [1.165, 1.54) is 28.6 Å². The van der Waals surface area contributed by atoms with E-state index in [4.69, 9.17) is 4.74 Å². The van der Waals surface area contributed by atoms with Gasteiger partial charge in [0.25, 0.3) is 5.91 Å². The van der Waals surface area contributed by atoms with Crippen LogP contribution in [0.15, 0.2) is 53.4 Å². The van der Waals surface area contributed by atoms with E-state index < -0.39 is 10.0 Å². The Morgan fingerprint density at radius 1 is 1.04 bits per heavy atom. The Balaban J connectivity index is 1.68. The van der Waals surface area contributed by atoms with Crippen molar-refractivity contribution >= 4 is 21.6 Å². The Morgan fingerprint density at radius 2 is 1.65 bits per heavy atom. The minimum absolute atomic E-state index is 0.219. The average molecular weight is 374 g/mol. The third-order valence-corrected chi connectivity index (χ3v) is 6.16. The summed E-state index contributed by atoms with van der Waals surface area (Å²) in [4.78, 5) is 12.6. The predicted octanol–water partition coefficient (Wildman–Crippen LogP) is 3.12. The van der Waals surface area contributed by atoms with Gasteiger partial charge in [-0.1, -0.05) is 0 Å². The smallest absolute Gasteiger partial charge is 0.255 e. The van der Waals surface area contributed by atoms with Crippen molar-refractivity contribution in [3.8, 4) is 5.75 Å². The quantitative estimate of drug-likeness (QED) is 0.843. The number of carbonyl (C=O) groups excluding carboxylic acids is 1. The zero-order chi connectivity index (χ0) is 18.6. The highest BCUT2D eigenvalue weighted by Crippen LogP contribution is 2.22. The van der Waals surface area contributed by atoms with Crippen molar-refractivity contribution in [3.63, 3.8) is 0 Å². The number of ether oxygens (including phenoxy) is 1. The lowest BCUT2D eigenvalue weighted by atomic mass is 10.2. The van der Waals surface area contributed by atoms with Gasteiger partial charge in [0.2, 0.25) is 10.0 Å². The Morgan fingerprint density at radius 3 is 2.23 bits per heavy atom. The number of anilines is 1. The van der Waals surface area contributed by atoms with Crippen molar-refractivity contribution in [1.82, 2.24) is 4.31 Å². The number of hydrogen-bond donors (Lipinski definition) is 1. The molecule has 2 aromatic carbocycles. The van der Waals surface area contributed by atoms with Crippen LogP contribution in [0.3, 0.4) is 0 Å². The second kappa shape index (κ2) is 7.88. The number of amides is 1. The van der Waals surface area contributed by atoms with Crippen molar-refractivity contribution in [2.24, 2.45) is 0 Å². The lowest BCUT2D eigenvalue weighted by Gasteiger charge is -2.15. The molecule has 1 heterocycles. The zero-order valence-corrected chi connectivity index (χ0v) is 15.5. The summed E-state index contributed by atoms with van der Waals surface area (Å²) in [5, 5.41) is 2.79. The zero-order valence-electron chi connectivity index (χ0n) is 14.6. The molecule has 0 saturated carbocycles. The van der Waals surface area contributed by atoms with Gasteiger partial charge in [-0.2, -0.15) is 4.31 Å². The molecule has 0 spiro atoms. The highest BCUT2D eigenvalue weighted by atomic mass is 32.2. The van der Waals surface area contributed by atoms with Gasteiger partial charge in [-0.05, 0) is 68.3 Å². The second-order valence-corrected chi connectivity index (χ2v) is 7.99. The van der Waals surface area contributed by atoms with Gasteiger partial charge >= 0.3 is 0 Å². The lowest BCUT2D eigenvalue weighted by molar-refractivity contribution is 0.102. The van der Waals surface area contributed by atoms with Crippen LogP contribution < -0.4 is 10.1 Å². The molecule has 1 aliphatic heterocycles. The first-order valence-electron chi connectivity index (χ1n) is 8.65. The third kappa shape index (κ3) is 4.05. The summed E-state index contributed by atoms with van der Waals surface area (Å²) in [7, 11) is -3.46. The van der Waals surface area contributed by atoms with E-state index >= 15 is 0 Å². The molecule has 26 heavy (non-hydrogen) atoms. The molecule has 0 aromatic heterocycles. The van der Waals surface area contributed by atoms with Crippen molar-refractivity contribution in [1.29, 1.82) is 0 Å². The number of hydrogen-bond acceptors (Lipinski definition) is 4. The number of carbonyl (C=O) groups is 1. The van der Waals surface area contributed by atoms with Gasteiger partial charge in [0.05, 0.1) is 11.5 Å². The summed E-state index contributed by atoms with van der Waals surface area (Å²) >= 11 is 0. The summed E-state index contributed by atoms with van der Waals surface area (Å²) in [6, 6.07) is 13.1. The molecule has 0 bridgehead atoms. The maximum Gasteiger partial charge on any atom is 0.255 e. The SMILES string of the molecule is CCOc1ccc(NC(=O)c2ccc(S(=O)(=O)N3CCCC3)cc2)cc1. The summed E-state index contributed by atoms with van der Waals surface area (Å²) in [5.41, 5.74) is 1.05. The summed E-state index contributed by atoms with van der Waals surface area (Å²) in [6.07, 6.45) is 1.78. The van der Waals surface area contributed by atoms with Crippen LogP contribution in [0.25, 0.3) is 0 Å². The van der Waals surface area contributed by atoms with Crippen LogP contribution in [0.4, 0.5) is 5.69 Å². The van der Waals surface area contributed by atoms with Crippen molar-refractivity contribution < 1.29 is 17.9 Å². The number of sulfonamides is 1. The molecule has 0 aliphatic carbocycles. The predicted molar refractivity (Wildman–Crippen MR) is 100.0 cm³/mol. The third-order valence-electron chi connectivity index (χ3n) is 4.24. The Kier molecular flexibility index (Phi) is 5.58. The van der Waals surface area contributed by atoms with E-state index in [9.17, 15) is 13.2 Å². The Hall–Kier alpha value is -2.38. The number of benzene rings is 2. The standard InChI is InChI=1S/C19H22N2O4S/c1-2-25-17-9-7-16(8-10-17)20-19(22)15-5-11-18(12-6-15)26(23,24)21-13-3-4-14-21/h5-12H,2-4,13-14H2,1H3,(H,20,22). The maximum absolute atomic E-state index is 12.5. The van der Waals surface area contributed by atoms with Gasteiger partial charge in [0.1, 0.15) is 5.75 Å². The average Bonchev–Trinajstić information content (AvgIpc) is 3.19. The van der Waals surface area contributed by atoms with Gasteiger partial charge in [-0.25, -0.2) is 8.42 Å². The number of nitrogens with one attached hydrogen (secondary N) is 1. The molecule has 0 unspecified atom stereocenters. The highest BCUT2D eigenvalue weighted by molar-refractivity contribution is 7.89. The first-order chi connectivity index (χ1) is 12.5. The van der Waals surface area contributed by atoms with Gasteiger partial charge in [0.15, 0.2) is 0 Å². The van der Waals surface area contributed by atoms with Crippen molar-refractivity contribution in [2.45, 2.75) is 24.7 Å². The van der Waals surface area contributed by atoms with Crippen LogP contribution in [0.2, 0.25) is 0 Å². The van der Waals surface area contributed by atoms with Crippen LogP contribution in [-0.2, 0) is 10.0 Å². The minimum atomic E-state index is -3.46. The molecule has 1 N–H and O–H groups in total. The first kappa shape index (κ1) is 18.4. The van der Waals surface area contributed by atoms with Crippen LogP contribution in [0.1, 0.15) is 30.1 Å². The van der Waals surface area contributed by atoms with E-state index in [0.717, 1.165) is 18.6 Å². The van der Waals surface area contributed by atoms with E-state index in [1.54, 1.807) is 24.3 Å². The largest absolute Gasteiger partial charge is 0.494 e. The monoisotopic (exact) mass is 374 g/mol. The highest BCUT2D eigenvalue weighted by Gasteiger charge is 2.27. The van der Waals surface area contributed by atoms with E-state index in [2.05, 4.69) is 5.32 Å². The molecule has 138 valence electrons. The van der Waals surface area contributed by atoms with Crippen LogP contribution in [-0.4, -0.2) is 38.3 Å². The molecule has 1 fully saturated rings. The van der Waals surface area contributed by atoms with E-state index in [-0.39, 0.29) is 10.8 Å². The fourth-order valence-electron chi connectivity index (χ4n) is 2.86. The first-order valence-corrected chi connectivity index (χ1v) is 10.1. The molecule has 0 atom stereocenters. The fourth-order valence-corrected chi connectivity index (χ4v) is 4.38. The molecule has 1 saturated heterocycles. The summed E-state index contributed by atoms with van der Waals surface area (Å²) in [5.74, 6) is 0.446. The molecule has 0 radical (unpaired) electrons. The molecule has 3 rings (SSSR count). The van der Waals surface area contributed by atoms with Gasteiger partial charge in [0, 0.05) is 24.3 Å². The van der Waals surface area contributed by atoms with E-state index in [0.29, 0.717) is 30.9 Å². The van der Waals surface area contributed by atoms with Crippen molar-refractivity contribution in [2.75, 3.05) is 25.0 Å². The molecule has 6 nitrogen and oxygen atoms in total. The van der Waals surface area contributed by atoms with Gasteiger partial charge in [-0.3, -0.25) is 4.79 Å². The topological polar surface area (TPSA) is 75.7 Å². The molecular weight excluding hydrogens is 352 g/mol. The number of nitrogens with zero attached hydrogens (tertiary/aromatic N) is 1. The van der Waals surface area contributed by atoms with Crippen LogP contribution in [0.5, 0.6) is 5.75 Å². The normalized spacial score (nSPS) is 15.0. The Bertz CT molecular complexity index is 855. The molecular formula is C19H22N2O4S. The van der Waals surface area contributed by atoms with Gasteiger partial charge < -0.3 is 10.1 Å².